The zero-order chi connectivity index (χ0) is 11.3. The average molecular weight is 208 g/mol. The molecule has 1 aromatic rings. The van der Waals surface area contributed by atoms with Gasteiger partial charge < -0.3 is 9.88 Å². The molecule has 1 aromatic heterocycles. The molecule has 86 valence electrons. The number of nitrogens with one attached hydrogen (secondary N) is 1. The predicted molar refractivity (Wildman–Crippen MR) is 65.8 cm³/mol. The van der Waals surface area contributed by atoms with Crippen molar-refractivity contribution in [3.63, 3.8) is 0 Å². The van der Waals surface area contributed by atoms with E-state index in [0.717, 1.165) is 12.5 Å². The van der Waals surface area contributed by atoms with Gasteiger partial charge in [-0.3, -0.25) is 0 Å². The van der Waals surface area contributed by atoms with Gasteiger partial charge in [-0.1, -0.05) is 26.7 Å². The summed E-state index contributed by atoms with van der Waals surface area (Å²) in [6.45, 7) is 7.81. The maximum atomic E-state index is 3.61. The summed E-state index contributed by atoms with van der Waals surface area (Å²) in [7, 11) is 2.10. The summed E-state index contributed by atoms with van der Waals surface area (Å²) < 4.78 is 2.17. The molecule has 0 bridgehead atoms. The summed E-state index contributed by atoms with van der Waals surface area (Å²) in [6.07, 6.45) is 4.62. The molecule has 0 aromatic carbocycles. The second-order valence-corrected chi connectivity index (χ2v) is 4.36. The minimum Gasteiger partial charge on any atom is -0.353 e. The minimum absolute atomic E-state index is 0.606. The Labute approximate surface area is 93.7 Å². The Morgan fingerprint density at radius 1 is 1.33 bits per heavy atom. The van der Waals surface area contributed by atoms with Crippen molar-refractivity contribution in [2.45, 2.75) is 46.2 Å². The Morgan fingerprint density at radius 2 is 2.00 bits per heavy atom. The van der Waals surface area contributed by atoms with Gasteiger partial charge in [0.05, 0.1) is 0 Å². The second-order valence-electron chi connectivity index (χ2n) is 4.36. The van der Waals surface area contributed by atoms with Crippen molar-refractivity contribution in [2.24, 2.45) is 13.0 Å². The zero-order valence-electron chi connectivity index (χ0n) is 10.5. The maximum absolute atomic E-state index is 3.61. The van der Waals surface area contributed by atoms with Gasteiger partial charge in [-0.2, -0.15) is 0 Å². The average Bonchev–Trinajstić information content (AvgIpc) is 2.63. The van der Waals surface area contributed by atoms with Gasteiger partial charge in [0.1, 0.15) is 0 Å². The molecule has 0 aliphatic heterocycles. The molecule has 2 heteroatoms. The quantitative estimate of drug-likeness (QED) is 0.760. The van der Waals surface area contributed by atoms with Gasteiger partial charge in [-0.05, 0) is 25.0 Å². The van der Waals surface area contributed by atoms with Crippen molar-refractivity contribution in [3.8, 4) is 0 Å². The van der Waals surface area contributed by atoms with E-state index in [1.54, 1.807) is 0 Å². The fraction of sp³-hybridized carbons (Fsp3) is 0.692. The first-order valence-corrected chi connectivity index (χ1v) is 6.02. The Bertz CT molecular complexity index is 274. The summed E-state index contributed by atoms with van der Waals surface area (Å²) in [6, 6.07) is 4.88. The van der Waals surface area contributed by atoms with Crippen LogP contribution in [0.4, 0.5) is 0 Å². The van der Waals surface area contributed by atoms with E-state index >= 15 is 0 Å². The molecule has 1 unspecified atom stereocenters. The third-order valence-electron chi connectivity index (χ3n) is 3.41. The predicted octanol–water partition coefficient (Wildman–Crippen LogP) is 2.94. The van der Waals surface area contributed by atoms with Crippen molar-refractivity contribution in [2.75, 3.05) is 0 Å². The van der Waals surface area contributed by atoms with Crippen LogP contribution in [0.2, 0.25) is 0 Å². The van der Waals surface area contributed by atoms with Crippen LogP contribution >= 0.6 is 0 Å². The van der Waals surface area contributed by atoms with Crippen LogP contribution in [0.1, 0.15) is 39.3 Å². The highest BCUT2D eigenvalue weighted by molar-refractivity contribution is 5.06. The largest absolute Gasteiger partial charge is 0.353 e. The second kappa shape index (κ2) is 5.96. The molecule has 0 spiro atoms. The Kier molecular flexibility index (Phi) is 4.89. The van der Waals surface area contributed by atoms with E-state index in [2.05, 4.69) is 56.0 Å². The van der Waals surface area contributed by atoms with E-state index in [1.807, 2.05) is 0 Å². The molecule has 1 N–H and O–H groups in total. The normalized spacial score (nSPS) is 13.4. The highest BCUT2D eigenvalue weighted by Gasteiger charge is 2.12. The molecule has 15 heavy (non-hydrogen) atoms. The van der Waals surface area contributed by atoms with Gasteiger partial charge in [0.25, 0.3) is 0 Å². The van der Waals surface area contributed by atoms with E-state index in [1.165, 1.54) is 18.5 Å². The molecular weight excluding hydrogens is 184 g/mol. The molecule has 2 nitrogen and oxygen atoms in total. The van der Waals surface area contributed by atoms with Crippen LogP contribution in [-0.2, 0) is 13.6 Å². The van der Waals surface area contributed by atoms with E-state index < -0.39 is 0 Å². The van der Waals surface area contributed by atoms with Gasteiger partial charge in [0, 0.05) is 31.5 Å². The molecule has 0 saturated heterocycles. The van der Waals surface area contributed by atoms with Crippen molar-refractivity contribution in [3.05, 3.63) is 24.0 Å². The molecule has 0 fully saturated rings. The standard InChI is InChI=1S/C13H24N2/c1-5-12(6-2)11(3)14-10-13-8-7-9-15(13)4/h7-9,11-12,14H,5-6,10H2,1-4H3. The molecule has 1 atom stereocenters. The first-order valence-electron chi connectivity index (χ1n) is 6.02. The maximum Gasteiger partial charge on any atom is 0.0361 e. The fourth-order valence-electron chi connectivity index (χ4n) is 2.11. The smallest absolute Gasteiger partial charge is 0.0361 e. The first-order chi connectivity index (χ1) is 7.19. The number of hydrogen-bond acceptors (Lipinski definition) is 1. The van der Waals surface area contributed by atoms with E-state index in [4.69, 9.17) is 0 Å². The van der Waals surface area contributed by atoms with Gasteiger partial charge in [0.2, 0.25) is 0 Å². The zero-order valence-corrected chi connectivity index (χ0v) is 10.5. The van der Waals surface area contributed by atoms with Gasteiger partial charge >= 0.3 is 0 Å². The Balaban J connectivity index is 2.40. The van der Waals surface area contributed by atoms with Crippen molar-refractivity contribution in [1.29, 1.82) is 0 Å². The molecule has 1 rings (SSSR count). The number of aryl methyl sites for hydroxylation is 1. The third-order valence-corrected chi connectivity index (χ3v) is 3.41. The Morgan fingerprint density at radius 3 is 2.47 bits per heavy atom. The van der Waals surface area contributed by atoms with Gasteiger partial charge in [-0.15, -0.1) is 0 Å². The highest BCUT2D eigenvalue weighted by atomic mass is 15.0. The lowest BCUT2D eigenvalue weighted by molar-refractivity contribution is 0.350. The van der Waals surface area contributed by atoms with Crippen LogP contribution in [0.15, 0.2) is 18.3 Å². The van der Waals surface area contributed by atoms with Gasteiger partial charge in [0.15, 0.2) is 0 Å². The highest BCUT2D eigenvalue weighted by Crippen LogP contribution is 2.13. The molecule has 0 amide bonds. The molecule has 0 aliphatic rings. The van der Waals surface area contributed by atoms with Crippen LogP contribution < -0.4 is 5.32 Å². The summed E-state index contributed by atoms with van der Waals surface area (Å²) in [5, 5.41) is 3.61. The third kappa shape index (κ3) is 3.38. The molecule has 0 saturated carbocycles. The molecular formula is C13H24N2. The minimum atomic E-state index is 0.606. The van der Waals surface area contributed by atoms with Crippen LogP contribution in [0.25, 0.3) is 0 Å². The summed E-state index contributed by atoms with van der Waals surface area (Å²) in [4.78, 5) is 0. The number of nitrogens with zero attached hydrogens (tertiary/aromatic N) is 1. The number of rotatable bonds is 6. The number of aromatic nitrogens is 1. The van der Waals surface area contributed by atoms with E-state index in [0.29, 0.717) is 6.04 Å². The van der Waals surface area contributed by atoms with Crippen LogP contribution in [0, 0.1) is 5.92 Å². The summed E-state index contributed by atoms with van der Waals surface area (Å²) in [5.74, 6) is 0.797. The monoisotopic (exact) mass is 208 g/mol. The van der Waals surface area contributed by atoms with E-state index in [9.17, 15) is 0 Å². The van der Waals surface area contributed by atoms with Crippen LogP contribution in [-0.4, -0.2) is 10.6 Å². The van der Waals surface area contributed by atoms with Crippen molar-refractivity contribution in [1.82, 2.24) is 9.88 Å². The molecule has 0 aliphatic carbocycles. The summed E-state index contributed by atoms with van der Waals surface area (Å²) >= 11 is 0. The molecule has 0 radical (unpaired) electrons. The SMILES string of the molecule is CCC(CC)C(C)NCc1cccn1C. The van der Waals surface area contributed by atoms with Gasteiger partial charge in [-0.25, -0.2) is 0 Å². The summed E-state index contributed by atoms with van der Waals surface area (Å²) in [5.41, 5.74) is 1.35. The number of hydrogen-bond donors (Lipinski definition) is 1. The topological polar surface area (TPSA) is 17.0 Å². The lowest BCUT2D eigenvalue weighted by atomic mass is 9.95. The van der Waals surface area contributed by atoms with Crippen LogP contribution in [0.3, 0.4) is 0 Å². The first kappa shape index (κ1) is 12.3. The Hall–Kier alpha value is -0.760. The van der Waals surface area contributed by atoms with Crippen molar-refractivity contribution >= 4 is 0 Å². The van der Waals surface area contributed by atoms with Crippen molar-refractivity contribution < 1.29 is 0 Å². The fourth-order valence-corrected chi connectivity index (χ4v) is 2.11. The lowest BCUT2D eigenvalue weighted by Gasteiger charge is -2.22. The van der Waals surface area contributed by atoms with Crippen LogP contribution in [0.5, 0.6) is 0 Å². The van der Waals surface area contributed by atoms with E-state index in [-0.39, 0.29) is 0 Å². The molecule has 1 heterocycles. The lowest BCUT2D eigenvalue weighted by Crippen LogP contribution is -2.33.